The summed E-state index contributed by atoms with van der Waals surface area (Å²) in [6, 6.07) is 14.8. The summed E-state index contributed by atoms with van der Waals surface area (Å²) in [5.74, 6) is -0.481. The van der Waals surface area contributed by atoms with E-state index in [4.69, 9.17) is 11.6 Å². The molecule has 0 radical (unpaired) electrons. The minimum Gasteiger partial charge on any atom is -0.356 e. The van der Waals surface area contributed by atoms with E-state index in [0.29, 0.717) is 28.2 Å². The first-order chi connectivity index (χ1) is 15.5. The Morgan fingerprint density at radius 1 is 0.938 bits per heavy atom. The quantitative estimate of drug-likeness (QED) is 0.601. The zero-order valence-corrected chi connectivity index (χ0v) is 17.8. The molecule has 1 saturated heterocycles. The van der Waals surface area contributed by atoms with Gasteiger partial charge in [0.15, 0.2) is 0 Å². The Morgan fingerprint density at radius 3 is 2.28 bits per heavy atom. The zero-order valence-electron chi connectivity index (χ0n) is 17.0. The van der Waals surface area contributed by atoms with Crippen LogP contribution in [-0.4, -0.2) is 35.8 Å². The number of rotatable bonds is 4. The van der Waals surface area contributed by atoms with Crippen molar-refractivity contribution in [1.29, 1.82) is 0 Å². The second-order valence-electron chi connectivity index (χ2n) is 7.68. The van der Waals surface area contributed by atoms with Crippen molar-refractivity contribution in [2.45, 2.75) is 12.8 Å². The second kappa shape index (κ2) is 8.09. The monoisotopic (exact) mass is 446 g/mol. The Kier molecular flexibility index (Phi) is 5.11. The third kappa shape index (κ3) is 3.40. The van der Waals surface area contributed by atoms with Gasteiger partial charge in [-0.15, -0.1) is 0 Å². The summed E-state index contributed by atoms with van der Waals surface area (Å²) in [5, 5.41) is 3.03. The van der Waals surface area contributed by atoms with E-state index in [2.05, 4.69) is 15.2 Å². The van der Waals surface area contributed by atoms with E-state index in [1.807, 2.05) is 0 Å². The Hall–Kier alpha value is -3.71. The van der Waals surface area contributed by atoms with Crippen LogP contribution >= 0.6 is 11.6 Å². The highest BCUT2D eigenvalue weighted by atomic mass is 35.5. The fourth-order valence-corrected chi connectivity index (χ4v) is 4.39. The molecule has 32 heavy (non-hydrogen) atoms. The maximum absolute atomic E-state index is 13.0. The molecule has 1 N–H and O–H groups in total. The van der Waals surface area contributed by atoms with Crippen LogP contribution < -0.4 is 15.1 Å². The summed E-state index contributed by atoms with van der Waals surface area (Å²) in [4.78, 5) is 46.0. The molecule has 0 aliphatic carbocycles. The number of hydrogen-bond donors (Lipinski definition) is 1. The molecule has 3 aromatic rings. The smallest absolute Gasteiger partial charge is 0.266 e. The summed E-state index contributed by atoms with van der Waals surface area (Å²) in [6.07, 6.45) is 3.83. The molecule has 2 aromatic carbocycles. The first-order valence-corrected chi connectivity index (χ1v) is 10.7. The standard InChI is InChI=1S/C24H19ClN4O3/c25-19-14-15(27-22(30)18-8-5-11-26-21(18)28-12-3-4-13-28)9-10-20(19)29-23(31)16-6-1-2-7-17(16)24(29)32/h1-2,5-11,14H,3-4,12-13H2,(H,27,30). The van der Waals surface area contributed by atoms with E-state index in [1.54, 1.807) is 54.7 Å². The van der Waals surface area contributed by atoms with Crippen LogP contribution in [0.5, 0.6) is 0 Å². The number of imide groups is 1. The number of benzene rings is 2. The highest BCUT2D eigenvalue weighted by Crippen LogP contribution is 2.35. The molecular formula is C24H19ClN4O3. The third-order valence-electron chi connectivity index (χ3n) is 5.68. The van der Waals surface area contributed by atoms with Crippen LogP contribution in [0.25, 0.3) is 0 Å². The van der Waals surface area contributed by atoms with Crippen LogP contribution in [0.2, 0.25) is 5.02 Å². The molecule has 0 unspecified atom stereocenters. The Morgan fingerprint density at radius 2 is 1.62 bits per heavy atom. The lowest BCUT2D eigenvalue weighted by atomic mass is 10.1. The zero-order chi connectivity index (χ0) is 22.2. The van der Waals surface area contributed by atoms with Gasteiger partial charge >= 0.3 is 0 Å². The van der Waals surface area contributed by atoms with Gasteiger partial charge in [0.25, 0.3) is 17.7 Å². The molecule has 0 atom stereocenters. The summed E-state index contributed by atoms with van der Waals surface area (Å²) >= 11 is 6.43. The molecule has 0 bridgehead atoms. The minimum atomic E-state index is -0.421. The lowest BCUT2D eigenvalue weighted by molar-refractivity contribution is 0.0924. The van der Waals surface area contributed by atoms with Gasteiger partial charge < -0.3 is 10.2 Å². The minimum absolute atomic E-state index is 0.184. The predicted molar refractivity (Wildman–Crippen MR) is 123 cm³/mol. The van der Waals surface area contributed by atoms with Crippen LogP contribution in [-0.2, 0) is 0 Å². The van der Waals surface area contributed by atoms with E-state index in [9.17, 15) is 14.4 Å². The lowest BCUT2D eigenvalue weighted by Gasteiger charge is -2.20. The van der Waals surface area contributed by atoms with Crippen molar-refractivity contribution in [1.82, 2.24) is 4.98 Å². The largest absolute Gasteiger partial charge is 0.356 e. The number of halogens is 1. The van der Waals surface area contributed by atoms with Crippen molar-refractivity contribution in [3.8, 4) is 0 Å². The topological polar surface area (TPSA) is 82.6 Å². The van der Waals surface area contributed by atoms with Gasteiger partial charge in [0.1, 0.15) is 5.82 Å². The lowest BCUT2D eigenvalue weighted by Crippen LogP contribution is -2.29. The number of carbonyl (C=O) groups excluding carboxylic acids is 3. The van der Waals surface area contributed by atoms with Gasteiger partial charge in [-0.3, -0.25) is 14.4 Å². The van der Waals surface area contributed by atoms with Crippen molar-refractivity contribution in [2.75, 3.05) is 28.2 Å². The van der Waals surface area contributed by atoms with Gasteiger partial charge in [0.05, 0.1) is 27.4 Å². The van der Waals surface area contributed by atoms with E-state index < -0.39 is 11.8 Å². The van der Waals surface area contributed by atoms with E-state index in [-0.39, 0.29) is 16.6 Å². The van der Waals surface area contributed by atoms with Gasteiger partial charge in [0, 0.05) is 25.0 Å². The van der Waals surface area contributed by atoms with Crippen LogP contribution in [0.1, 0.15) is 43.9 Å². The van der Waals surface area contributed by atoms with Crippen molar-refractivity contribution in [2.24, 2.45) is 0 Å². The first-order valence-electron chi connectivity index (χ1n) is 10.3. The predicted octanol–water partition coefficient (Wildman–Crippen LogP) is 4.39. The van der Waals surface area contributed by atoms with Gasteiger partial charge in [-0.1, -0.05) is 23.7 Å². The van der Waals surface area contributed by atoms with Crippen molar-refractivity contribution in [3.63, 3.8) is 0 Å². The fraction of sp³-hybridized carbons (Fsp3) is 0.167. The van der Waals surface area contributed by atoms with Crippen molar-refractivity contribution >= 4 is 46.5 Å². The number of carbonyl (C=O) groups is 3. The SMILES string of the molecule is O=C(Nc1ccc(N2C(=O)c3ccccc3C2=O)c(Cl)c1)c1cccnc1N1CCCC1. The molecular weight excluding hydrogens is 428 g/mol. The van der Waals surface area contributed by atoms with E-state index >= 15 is 0 Å². The summed E-state index contributed by atoms with van der Waals surface area (Å²) in [5.41, 5.74) is 1.90. The van der Waals surface area contributed by atoms with Gasteiger partial charge in [-0.25, -0.2) is 9.88 Å². The number of anilines is 3. The normalized spacial score (nSPS) is 15.3. The number of hydrogen-bond acceptors (Lipinski definition) is 5. The number of nitrogens with one attached hydrogen (secondary N) is 1. The first kappa shape index (κ1) is 20.2. The number of amides is 3. The molecule has 3 heterocycles. The van der Waals surface area contributed by atoms with Crippen LogP contribution in [0.4, 0.5) is 17.2 Å². The third-order valence-corrected chi connectivity index (χ3v) is 5.98. The molecule has 7 nitrogen and oxygen atoms in total. The Labute approximate surface area is 189 Å². The second-order valence-corrected chi connectivity index (χ2v) is 8.09. The molecule has 160 valence electrons. The average Bonchev–Trinajstić information content (AvgIpc) is 3.42. The number of aromatic nitrogens is 1. The maximum atomic E-state index is 13.0. The molecule has 5 rings (SSSR count). The van der Waals surface area contributed by atoms with Gasteiger partial charge in [0.2, 0.25) is 0 Å². The molecule has 2 aliphatic heterocycles. The number of pyridine rings is 1. The van der Waals surface area contributed by atoms with Crippen molar-refractivity contribution < 1.29 is 14.4 Å². The van der Waals surface area contributed by atoms with E-state index in [0.717, 1.165) is 30.8 Å². The van der Waals surface area contributed by atoms with E-state index in [1.165, 1.54) is 6.07 Å². The highest BCUT2D eigenvalue weighted by molar-refractivity contribution is 6.40. The Balaban J connectivity index is 1.39. The van der Waals surface area contributed by atoms with Crippen LogP contribution in [0.15, 0.2) is 60.8 Å². The molecule has 1 aromatic heterocycles. The fourth-order valence-electron chi connectivity index (χ4n) is 4.13. The van der Waals surface area contributed by atoms with Gasteiger partial charge in [-0.2, -0.15) is 0 Å². The highest BCUT2D eigenvalue weighted by Gasteiger charge is 2.37. The summed E-state index contributed by atoms with van der Waals surface area (Å²) < 4.78 is 0. The van der Waals surface area contributed by atoms with Crippen molar-refractivity contribution in [3.05, 3.63) is 82.5 Å². The molecule has 0 spiro atoms. The number of fused-ring (bicyclic) bond motifs is 1. The number of nitrogens with zero attached hydrogens (tertiary/aromatic N) is 3. The molecule has 2 aliphatic rings. The molecule has 0 saturated carbocycles. The van der Waals surface area contributed by atoms with Gasteiger partial charge in [-0.05, 0) is 55.3 Å². The molecule has 3 amide bonds. The van der Waals surface area contributed by atoms with Crippen LogP contribution in [0.3, 0.4) is 0 Å². The molecule has 8 heteroatoms. The average molecular weight is 447 g/mol. The molecule has 1 fully saturated rings. The maximum Gasteiger partial charge on any atom is 0.266 e. The summed E-state index contributed by atoms with van der Waals surface area (Å²) in [7, 11) is 0. The Bertz CT molecular complexity index is 1220. The van der Waals surface area contributed by atoms with Crippen LogP contribution in [0, 0.1) is 0 Å². The summed E-state index contributed by atoms with van der Waals surface area (Å²) in [6.45, 7) is 1.75.